The molecule has 0 aromatic carbocycles. The molecule has 0 spiro atoms. The molecular formula is C21H38IN5OS. The van der Waals surface area contributed by atoms with Crippen LogP contribution in [0.5, 0.6) is 0 Å². The molecule has 29 heavy (non-hydrogen) atoms. The number of hydrogen-bond donors (Lipinski definition) is 2. The molecule has 0 radical (unpaired) electrons. The average molecular weight is 536 g/mol. The van der Waals surface area contributed by atoms with Gasteiger partial charge in [0.25, 0.3) is 0 Å². The average Bonchev–Trinajstić information content (AvgIpc) is 3.29. The van der Waals surface area contributed by atoms with Gasteiger partial charge in [0, 0.05) is 44.4 Å². The van der Waals surface area contributed by atoms with Crippen molar-refractivity contribution in [1.29, 1.82) is 0 Å². The largest absolute Gasteiger partial charge is 0.357 e. The molecule has 1 aromatic heterocycles. The van der Waals surface area contributed by atoms with Crippen molar-refractivity contribution >= 4 is 47.2 Å². The molecule has 6 nitrogen and oxygen atoms in total. The van der Waals surface area contributed by atoms with Gasteiger partial charge in [0.2, 0.25) is 5.91 Å². The van der Waals surface area contributed by atoms with Gasteiger partial charge in [-0.2, -0.15) is 0 Å². The lowest BCUT2D eigenvalue weighted by Crippen LogP contribution is -2.43. The molecule has 0 atom stereocenters. The molecule has 166 valence electrons. The standard InChI is InChI=1S/C21H37N5OS.HI/c1-7-22-19(23-13-10-17-25-16(14-28-17)20(2,3)4)24-15-21(11-8-9-12-21)18(27)26(5)6;/h14H,7-13,15H2,1-6H3,(H2,22,23,24);1H. The molecule has 0 aliphatic heterocycles. The van der Waals surface area contributed by atoms with E-state index in [1.165, 1.54) is 0 Å². The molecule has 1 saturated carbocycles. The van der Waals surface area contributed by atoms with Crippen molar-refractivity contribution in [1.82, 2.24) is 20.5 Å². The van der Waals surface area contributed by atoms with E-state index in [0.29, 0.717) is 6.54 Å². The smallest absolute Gasteiger partial charge is 0.230 e. The number of guanidine groups is 1. The third-order valence-electron chi connectivity index (χ3n) is 5.26. The van der Waals surface area contributed by atoms with Gasteiger partial charge in [-0.3, -0.25) is 9.79 Å². The molecule has 0 saturated heterocycles. The SMILES string of the molecule is CCNC(=NCC1(C(=O)N(C)C)CCCC1)NCCc1nc(C(C)(C)C)cs1.I. The van der Waals surface area contributed by atoms with Gasteiger partial charge in [-0.1, -0.05) is 33.6 Å². The highest BCUT2D eigenvalue weighted by Gasteiger charge is 2.42. The third kappa shape index (κ3) is 7.38. The maximum absolute atomic E-state index is 12.7. The summed E-state index contributed by atoms with van der Waals surface area (Å²) in [6, 6.07) is 0. The van der Waals surface area contributed by atoms with Gasteiger partial charge < -0.3 is 15.5 Å². The number of aromatic nitrogens is 1. The van der Waals surface area contributed by atoms with E-state index in [4.69, 9.17) is 9.98 Å². The van der Waals surface area contributed by atoms with E-state index in [0.717, 1.165) is 61.9 Å². The van der Waals surface area contributed by atoms with Crippen LogP contribution in [0, 0.1) is 5.41 Å². The Labute approximate surface area is 197 Å². The fraction of sp³-hybridized carbons (Fsp3) is 0.762. The molecule has 0 bridgehead atoms. The van der Waals surface area contributed by atoms with E-state index >= 15 is 0 Å². The zero-order valence-corrected chi connectivity index (χ0v) is 21.9. The highest BCUT2D eigenvalue weighted by atomic mass is 127. The van der Waals surface area contributed by atoms with Crippen LogP contribution in [0.15, 0.2) is 10.4 Å². The zero-order chi connectivity index (χ0) is 20.8. The number of nitrogens with zero attached hydrogens (tertiary/aromatic N) is 3. The summed E-state index contributed by atoms with van der Waals surface area (Å²) in [4.78, 5) is 24.0. The van der Waals surface area contributed by atoms with Crippen molar-refractivity contribution < 1.29 is 4.79 Å². The van der Waals surface area contributed by atoms with E-state index in [1.54, 1.807) is 16.2 Å². The Morgan fingerprint density at radius 3 is 2.45 bits per heavy atom. The fourth-order valence-electron chi connectivity index (χ4n) is 3.60. The van der Waals surface area contributed by atoms with E-state index in [2.05, 4.69) is 43.7 Å². The Kier molecular flexibility index (Phi) is 10.3. The van der Waals surface area contributed by atoms with Crippen LogP contribution in [0.1, 0.15) is 64.1 Å². The molecule has 2 N–H and O–H groups in total. The lowest BCUT2D eigenvalue weighted by molar-refractivity contribution is -0.138. The molecule has 1 amide bonds. The number of carbonyl (C=O) groups is 1. The second-order valence-corrected chi connectivity index (χ2v) is 9.88. The van der Waals surface area contributed by atoms with Gasteiger partial charge >= 0.3 is 0 Å². The second-order valence-electron chi connectivity index (χ2n) is 8.94. The van der Waals surface area contributed by atoms with Gasteiger partial charge in [-0.15, -0.1) is 35.3 Å². The molecule has 8 heteroatoms. The number of aliphatic imine (C=N–C) groups is 1. The zero-order valence-electron chi connectivity index (χ0n) is 18.8. The summed E-state index contributed by atoms with van der Waals surface area (Å²) in [5, 5.41) is 10.0. The van der Waals surface area contributed by atoms with Gasteiger partial charge in [0.15, 0.2) is 5.96 Å². The minimum atomic E-state index is -0.331. The van der Waals surface area contributed by atoms with Crippen LogP contribution in [-0.2, 0) is 16.6 Å². The summed E-state index contributed by atoms with van der Waals surface area (Å²) < 4.78 is 0. The van der Waals surface area contributed by atoms with E-state index in [1.807, 2.05) is 14.1 Å². The highest BCUT2D eigenvalue weighted by molar-refractivity contribution is 14.0. The molecule has 2 rings (SSSR count). The van der Waals surface area contributed by atoms with Crippen LogP contribution >= 0.6 is 35.3 Å². The van der Waals surface area contributed by atoms with E-state index in [-0.39, 0.29) is 40.7 Å². The van der Waals surface area contributed by atoms with Gasteiger partial charge in [0.05, 0.1) is 22.7 Å². The number of amides is 1. The number of thiazole rings is 1. The van der Waals surface area contributed by atoms with Crippen LogP contribution in [0.2, 0.25) is 0 Å². The quantitative estimate of drug-likeness (QED) is 0.317. The summed E-state index contributed by atoms with van der Waals surface area (Å²) >= 11 is 1.72. The summed E-state index contributed by atoms with van der Waals surface area (Å²) in [5.74, 6) is 0.995. The normalized spacial score (nSPS) is 16.3. The Morgan fingerprint density at radius 1 is 1.28 bits per heavy atom. The van der Waals surface area contributed by atoms with Gasteiger partial charge in [-0.25, -0.2) is 4.98 Å². The first kappa shape index (κ1) is 26.1. The predicted octanol–water partition coefficient (Wildman–Crippen LogP) is 3.80. The number of rotatable bonds is 7. The van der Waals surface area contributed by atoms with Crippen LogP contribution < -0.4 is 10.6 Å². The van der Waals surface area contributed by atoms with Gasteiger partial charge in [0.1, 0.15) is 0 Å². The number of hydrogen-bond acceptors (Lipinski definition) is 4. The molecule has 1 aliphatic carbocycles. The summed E-state index contributed by atoms with van der Waals surface area (Å²) in [6.07, 6.45) is 4.95. The molecule has 0 unspecified atom stereocenters. The topological polar surface area (TPSA) is 69.6 Å². The molecular weight excluding hydrogens is 497 g/mol. The predicted molar refractivity (Wildman–Crippen MR) is 134 cm³/mol. The number of halogens is 1. The maximum Gasteiger partial charge on any atom is 0.230 e. The molecule has 1 fully saturated rings. The number of carbonyl (C=O) groups excluding carboxylic acids is 1. The van der Waals surface area contributed by atoms with Crippen LogP contribution in [-0.4, -0.2) is 55.5 Å². The summed E-state index contributed by atoms with van der Waals surface area (Å²) in [6.45, 7) is 10.7. The Hall–Kier alpha value is -0.900. The van der Waals surface area contributed by atoms with Crippen molar-refractivity contribution in [2.24, 2.45) is 10.4 Å². The second kappa shape index (κ2) is 11.5. The minimum absolute atomic E-state index is 0. The first-order chi connectivity index (χ1) is 13.2. The Morgan fingerprint density at radius 2 is 1.93 bits per heavy atom. The maximum atomic E-state index is 12.7. The van der Waals surface area contributed by atoms with Crippen LogP contribution in [0.25, 0.3) is 0 Å². The van der Waals surface area contributed by atoms with Gasteiger partial charge in [-0.05, 0) is 19.8 Å². The Balaban J connectivity index is 0.00000420. The monoisotopic (exact) mass is 535 g/mol. The van der Waals surface area contributed by atoms with Crippen molar-refractivity contribution in [3.63, 3.8) is 0 Å². The lowest BCUT2D eigenvalue weighted by Gasteiger charge is -2.29. The lowest BCUT2D eigenvalue weighted by atomic mass is 9.85. The molecule has 1 aliphatic rings. The fourth-order valence-corrected chi connectivity index (χ4v) is 4.62. The van der Waals surface area contributed by atoms with Crippen LogP contribution in [0.3, 0.4) is 0 Å². The third-order valence-corrected chi connectivity index (χ3v) is 6.16. The van der Waals surface area contributed by atoms with E-state index in [9.17, 15) is 4.79 Å². The van der Waals surface area contributed by atoms with E-state index < -0.39 is 0 Å². The summed E-state index contributed by atoms with van der Waals surface area (Å²) in [5.41, 5.74) is 0.911. The van der Waals surface area contributed by atoms with Crippen molar-refractivity contribution in [3.05, 3.63) is 16.1 Å². The molecule has 1 heterocycles. The van der Waals surface area contributed by atoms with Crippen molar-refractivity contribution in [2.75, 3.05) is 33.7 Å². The summed E-state index contributed by atoms with van der Waals surface area (Å²) in [7, 11) is 3.69. The first-order valence-corrected chi connectivity index (χ1v) is 11.2. The minimum Gasteiger partial charge on any atom is -0.357 e. The van der Waals surface area contributed by atoms with Crippen molar-refractivity contribution in [3.8, 4) is 0 Å². The van der Waals surface area contributed by atoms with Crippen LogP contribution in [0.4, 0.5) is 0 Å². The number of nitrogens with one attached hydrogen (secondary N) is 2. The molecule has 1 aromatic rings. The Bertz CT molecular complexity index is 675. The van der Waals surface area contributed by atoms with Crippen molar-refractivity contribution in [2.45, 2.75) is 65.2 Å². The first-order valence-electron chi connectivity index (χ1n) is 10.4. The highest BCUT2D eigenvalue weighted by Crippen LogP contribution is 2.39.